The van der Waals surface area contributed by atoms with E-state index in [2.05, 4.69) is 28.9 Å². The number of thioether (sulfide) groups is 1. The number of rotatable bonds is 4. The second-order valence-corrected chi connectivity index (χ2v) is 4.72. The Morgan fingerprint density at radius 3 is 3.18 bits per heavy atom. The number of nitrogens with zero attached hydrogens (tertiary/aromatic N) is 2. The molecule has 0 aliphatic carbocycles. The van der Waals surface area contributed by atoms with Crippen LogP contribution in [0.2, 0.25) is 0 Å². The van der Waals surface area contributed by atoms with E-state index in [0.29, 0.717) is 5.92 Å². The van der Waals surface area contributed by atoms with Gasteiger partial charge in [0.15, 0.2) is 4.34 Å². The fourth-order valence-electron chi connectivity index (χ4n) is 0.493. The summed E-state index contributed by atoms with van der Waals surface area (Å²) >= 11 is 7.41. The minimum atomic E-state index is 0.646. The molecule has 0 bridgehead atoms. The number of aromatic nitrogens is 2. The van der Waals surface area contributed by atoms with Crippen LogP contribution in [0.1, 0.15) is 6.92 Å². The molecule has 0 aliphatic rings. The highest BCUT2D eigenvalue weighted by molar-refractivity contribution is 8.00. The minimum Gasteiger partial charge on any atom is -0.216 e. The maximum absolute atomic E-state index is 4.20. The summed E-state index contributed by atoms with van der Waals surface area (Å²) in [4.78, 5) is 4.07. The lowest BCUT2D eigenvalue weighted by Gasteiger charge is -2.03. The molecule has 62 valence electrons. The summed E-state index contributed by atoms with van der Waals surface area (Å²) in [5.41, 5.74) is 0. The van der Waals surface area contributed by atoms with E-state index < -0.39 is 0 Å². The summed E-state index contributed by atoms with van der Waals surface area (Å²) in [5.74, 6) is 2.66. The Morgan fingerprint density at radius 2 is 2.64 bits per heavy atom. The van der Waals surface area contributed by atoms with Crippen molar-refractivity contribution in [1.82, 2.24) is 9.36 Å². The smallest absolute Gasteiger partial charge is 0.169 e. The molecule has 2 nitrogen and oxygen atoms in total. The zero-order valence-electron chi connectivity index (χ0n) is 6.23. The SMILES string of the molecule is CC(CS)CSc1ncns1. The maximum Gasteiger partial charge on any atom is 0.169 e. The summed E-state index contributed by atoms with van der Waals surface area (Å²) in [6.45, 7) is 2.18. The van der Waals surface area contributed by atoms with Gasteiger partial charge in [0.05, 0.1) is 0 Å². The molecule has 0 aromatic carbocycles. The highest BCUT2D eigenvalue weighted by Crippen LogP contribution is 2.21. The number of thiol groups is 1. The van der Waals surface area contributed by atoms with Crippen molar-refractivity contribution in [1.29, 1.82) is 0 Å². The summed E-state index contributed by atoms with van der Waals surface area (Å²) in [5, 5.41) is 0. The Labute approximate surface area is 80.4 Å². The van der Waals surface area contributed by atoms with Crippen LogP contribution in [0.3, 0.4) is 0 Å². The Bertz CT molecular complexity index is 188. The second kappa shape index (κ2) is 5.00. The van der Waals surface area contributed by atoms with E-state index in [-0.39, 0.29) is 0 Å². The minimum absolute atomic E-state index is 0.646. The van der Waals surface area contributed by atoms with Gasteiger partial charge in [-0.15, -0.1) is 0 Å². The lowest BCUT2D eigenvalue weighted by molar-refractivity contribution is 0.766. The van der Waals surface area contributed by atoms with E-state index in [0.717, 1.165) is 15.8 Å². The first-order valence-corrected chi connectivity index (χ1v) is 5.72. The molecule has 1 aromatic rings. The van der Waals surface area contributed by atoms with Crippen LogP contribution in [0.4, 0.5) is 0 Å². The highest BCUT2D eigenvalue weighted by atomic mass is 32.2. The van der Waals surface area contributed by atoms with Crippen molar-refractivity contribution in [3.05, 3.63) is 6.33 Å². The predicted molar refractivity (Wildman–Crippen MR) is 53.7 cm³/mol. The number of hydrogen-bond acceptors (Lipinski definition) is 5. The molecule has 1 atom stereocenters. The Balaban J connectivity index is 2.23. The van der Waals surface area contributed by atoms with Crippen LogP contribution >= 0.6 is 35.9 Å². The summed E-state index contributed by atoms with van der Waals surface area (Å²) in [7, 11) is 0. The second-order valence-electron chi connectivity index (χ2n) is 2.31. The Kier molecular flexibility index (Phi) is 4.25. The molecule has 11 heavy (non-hydrogen) atoms. The van der Waals surface area contributed by atoms with Crippen molar-refractivity contribution in [2.45, 2.75) is 11.3 Å². The molecule has 0 fully saturated rings. The van der Waals surface area contributed by atoms with E-state index >= 15 is 0 Å². The molecule has 0 saturated carbocycles. The summed E-state index contributed by atoms with van der Waals surface area (Å²) < 4.78 is 4.97. The molecule has 0 N–H and O–H groups in total. The zero-order valence-corrected chi connectivity index (χ0v) is 8.75. The van der Waals surface area contributed by atoms with Crippen LogP contribution in [0.25, 0.3) is 0 Å². The van der Waals surface area contributed by atoms with Gasteiger partial charge in [-0.25, -0.2) is 4.98 Å². The van der Waals surface area contributed by atoms with Crippen LogP contribution in [-0.2, 0) is 0 Å². The quantitative estimate of drug-likeness (QED) is 0.604. The average Bonchev–Trinajstić information content (AvgIpc) is 2.52. The molecular formula is C6H10N2S3. The van der Waals surface area contributed by atoms with Crippen molar-refractivity contribution in [2.75, 3.05) is 11.5 Å². The first-order valence-electron chi connectivity index (χ1n) is 3.33. The first-order chi connectivity index (χ1) is 5.33. The van der Waals surface area contributed by atoms with E-state index in [1.165, 1.54) is 11.5 Å². The van der Waals surface area contributed by atoms with Crippen LogP contribution in [0.15, 0.2) is 10.7 Å². The fourth-order valence-corrected chi connectivity index (χ4v) is 2.29. The summed E-state index contributed by atoms with van der Waals surface area (Å²) in [6.07, 6.45) is 1.60. The van der Waals surface area contributed by atoms with Gasteiger partial charge in [-0.1, -0.05) is 18.7 Å². The van der Waals surface area contributed by atoms with E-state index in [1.807, 2.05) is 0 Å². The third-order valence-electron chi connectivity index (χ3n) is 1.14. The predicted octanol–water partition coefficient (Wildman–Crippen LogP) is 2.20. The highest BCUT2D eigenvalue weighted by Gasteiger charge is 2.02. The van der Waals surface area contributed by atoms with Crippen molar-refractivity contribution in [3.63, 3.8) is 0 Å². The molecule has 0 amide bonds. The Hall–Kier alpha value is 0.260. The van der Waals surface area contributed by atoms with E-state index in [1.54, 1.807) is 18.1 Å². The molecule has 1 unspecified atom stereocenters. The van der Waals surface area contributed by atoms with Crippen molar-refractivity contribution >= 4 is 35.9 Å². The molecule has 0 radical (unpaired) electrons. The lowest BCUT2D eigenvalue weighted by atomic mass is 10.3. The molecule has 0 aliphatic heterocycles. The average molecular weight is 206 g/mol. The van der Waals surface area contributed by atoms with Gasteiger partial charge in [-0.3, -0.25) is 0 Å². The van der Waals surface area contributed by atoms with Gasteiger partial charge in [0, 0.05) is 5.75 Å². The van der Waals surface area contributed by atoms with E-state index in [9.17, 15) is 0 Å². The van der Waals surface area contributed by atoms with Gasteiger partial charge < -0.3 is 0 Å². The molecular weight excluding hydrogens is 196 g/mol. The van der Waals surface area contributed by atoms with Crippen LogP contribution in [0.5, 0.6) is 0 Å². The largest absolute Gasteiger partial charge is 0.216 e. The maximum atomic E-state index is 4.20. The van der Waals surface area contributed by atoms with Crippen molar-refractivity contribution in [2.24, 2.45) is 5.92 Å². The van der Waals surface area contributed by atoms with Gasteiger partial charge in [0.2, 0.25) is 0 Å². The summed E-state index contributed by atoms with van der Waals surface area (Å²) in [6, 6.07) is 0. The van der Waals surface area contributed by atoms with Crippen molar-refractivity contribution < 1.29 is 0 Å². The van der Waals surface area contributed by atoms with Crippen LogP contribution in [-0.4, -0.2) is 20.9 Å². The molecule has 1 rings (SSSR count). The van der Waals surface area contributed by atoms with Gasteiger partial charge in [-0.05, 0) is 23.2 Å². The molecule has 5 heteroatoms. The third kappa shape index (κ3) is 3.44. The Morgan fingerprint density at radius 1 is 1.82 bits per heavy atom. The molecule has 0 spiro atoms. The van der Waals surface area contributed by atoms with Gasteiger partial charge >= 0.3 is 0 Å². The monoisotopic (exact) mass is 206 g/mol. The number of hydrogen-bond donors (Lipinski definition) is 1. The van der Waals surface area contributed by atoms with Crippen LogP contribution < -0.4 is 0 Å². The topological polar surface area (TPSA) is 25.8 Å². The van der Waals surface area contributed by atoms with Gasteiger partial charge in [-0.2, -0.15) is 17.0 Å². The van der Waals surface area contributed by atoms with Gasteiger partial charge in [0.25, 0.3) is 0 Å². The van der Waals surface area contributed by atoms with Crippen molar-refractivity contribution in [3.8, 4) is 0 Å². The first kappa shape index (κ1) is 9.35. The van der Waals surface area contributed by atoms with Gasteiger partial charge in [0.1, 0.15) is 6.33 Å². The molecule has 1 aromatic heterocycles. The zero-order chi connectivity index (χ0) is 8.10. The standard InChI is InChI=1S/C6H10N2S3/c1-5(2-9)3-10-6-7-4-8-11-6/h4-5,9H,2-3H2,1H3. The van der Waals surface area contributed by atoms with Crippen LogP contribution in [0, 0.1) is 5.92 Å². The normalized spacial score (nSPS) is 13.3. The van der Waals surface area contributed by atoms with E-state index in [4.69, 9.17) is 0 Å². The fraction of sp³-hybridized carbons (Fsp3) is 0.667. The molecule has 0 saturated heterocycles. The third-order valence-corrected chi connectivity index (χ3v) is 3.89. The molecule has 1 heterocycles. The lowest BCUT2D eigenvalue weighted by Crippen LogP contribution is -1.98.